The highest BCUT2D eigenvalue weighted by atomic mass is 35.5. The standard InChI is InChI=1S/C78H36B2F30P2.2CH2Cl2/c81-49-43(50(82)62(94)73(105)61(49)93)79(44-51(83)63(95)74(106)64(96)52(44)84,45-53(85)65(97)75(107)66(98)54(45)86)33-41(35-19-7-1-8-20-35)111(37-23-11-3-12-24-37,38-25-13-4-14-26-38)31-32-112(39-27-15-5-16-28-39,40-29-17-6-18-30-40)42(36-21-9-2-10-22-36)34-80(46-55(87)67(99)76(108)68(100)56(46)88,47-57(89)69(101)77(109)70(102)58(47)90)48-59(91)71(103)78(110)72(104)60(48)92;2*2-1-3/h1-30,33-34H,31-32H2;2*1H2/b41-33+,42-34+;;. The van der Waals surface area contributed by atoms with E-state index in [1.807, 2.05) is 0 Å². The monoisotopic (exact) mass is 1790 g/mol. The Bertz CT molecular complexity index is 4960. The summed E-state index contributed by atoms with van der Waals surface area (Å²) < 4.78 is 507. The van der Waals surface area contributed by atoms with E-state index in [0.717, 1.165) is 158 Å². The van der Waals surface area contributed by atoms with Crippen molar-refractivity contribution in [2.24, 2.45) is 0 Å². The van der Waals surface area contributed by atoms with Gasteiger partial charge in [-0.05, 0) is 48.5 Å². The summed E-state index contributed by atoms with van der Waals surface area (Å²) in [5.74, 6) is -103. The maximum Gasteiger partial charge on any atom is 0.200 e. The predicted octanol–water partition coefficient (Wildman–Crippen LogP) is 20.8. The van der Waals surface area contributed by atoms with Crippen molar-refractivity contribution in [2.45, 2.75) is 0 Å². The summed E-state index contributed by atoms with van der Waals surface area (Å²) in [6.45, 7) is 0. The highest BCUT2D eigenvalue weighted by Gasteiger charge is 2.59. The van der Waals surface area contributed by atoms with Crippen LogP contribution in [0.15, 0.2) is 194 Å². The summed E-state index contributed by atoms with van der Waals surface area (Å²) in [5, 5.41) is -3.92. The van der Waals surface area contributed by atoms with Crippen LogP contribution >= 0.6 is 60.9 Å². The molecule has 12 aromatic carbocycles. The van der Waals surface area contributed by atoms with Crippen LogP contribution in [0.5, 0.6) is 0 Å². The highest BCUT2D eigenvalue weighted by molar-refractivity contribution is 8.01. The van der Waals surface area contributed by atoms with Crippen molar-refractivity contribution < 1.29 is 132 Å². The Labute approximate surface area is 668 Å². The van der Waals surface area contributed by atoms with E-state index in [2.05, 4.69) is 0 Å². The normalized spacial score (nSPS) is 12.2. The topological polar surface area (TPSA) is 0 Å². The quantitative estimate of drug-likeness (QED) is 0.0189. The minimum atomic E-state index is -6.82. The molecule has 38 heteroatoms. The molecule has 0 aliphatic carbocycles. The molecule has 0 N–H and O–H groups in total. The van der Waals surface area contributed by atoms with Gasteiger partial charge in [0, 0.05) is 11.1 Å². The number of alkyl halides is 4. The van der Waals surface area contributed by atoms with Crippen molar-refractivity contribution in [3.8, 4) is 0 Å². The predicted molar refractivity (Wildman–Crippen MR) is 397 cm³/mol. The minimum Gasteiger partial charge on any atom is -0.207 e. The lowest BCUT2D eigenvalue weighted by molar-refractivity contribution is 0.379. The molecule has 614 valence electrons. The lowest BCUT2D eigenvalue weighted by Crippen LogP contribution is -2.72. The van der Waals surface area contributed by atoms with Gasteiger partial charge < -0.3 is 0 Å². The van der Waals surface area contributed by atoms with Crippen LogP contribution in [0.2, 0.25) is 0 Å². The third kappa shape index (κ3) is 15.1. The van der Waals surface area contributed by atoms with Crippen molar-refractivity contribution in [1.29, 1.82) is 0 Å². The molecule has 12 aromatic rings. The largest absolute Gasteiger partial charge is 0.207 e. The summed E-state index contributed by atoms with van der Waals surface area (Å²) in [5.41, 5.74) is -20.5. The second-order valence-corrected chi connectivity index (χ2v) is 34.0. The molecule has 0 nitrogen and oxygen atoms in total. The molecular weight excluding hydrogens is 1760 g/mol. The van der Waals surface area contributed by atoms with Gasteiger partial charge in [0.1, 0.15) is 130 Å². The molecule has 0 unspecified atom stereocenters. The fourth-order valence-corrected chi connectivity index (χ4v) is 25.2. The van der Waals surface area contributed by atoms with Gasteiger partial charge in [0.15, 0.2) is 105 Å². The molecule has 0 atom stereocenters. The highest BCUT2D eigenvalue weighted by Crippen LogP contribution is 2.74. The molecular formula is C80H40B2Cl4F30P2. The van der Waals surface area contributed by atoms with Crippen molar-refractivity contribution in [2.75, 3.05) is 23.0 Å². The van der Waals surface area contributed by atoms with Crippen LogP contribution < -0.4 is 54.0 Å². The Kier molecular flexibility index (Phi) is 27.9. The molecule has 0 spiro atoms. The third-order valence-electron chi connectivity index (χ3n) is 19.5. The zero-order valence-corrected chi connectivity index (χ0v) is 63.0. The van der Waals surface area contributed by atoms with Gasteiger partial charge in [0.25, 0.3) is 0 Å². The fraction of sp³-hybridized carbons (Fsp3) is 0.0500. The molecule has 0 radical (unpaired) electrons. The number of halogens is 34. The lowest BCUT2D eigenvalue weighted by atomic mass is 9.15. The molecule has 0 fully saturated rings. The third-order valence-corrected chi connectivity index (χ3v) is 28.9. The summed E-state index contributed by atoms with van der Waals surface area (Å²) in [6, 6.07) is 31.4. The average Bonchev–Trinajstić information content (AvgIpc) is 0.693. The number of benzene rings is 12. The Hall–Kier alpha value is -9.83. The molecule has 0 aromatic heterocycles. The van der Waals surface area contributed by atoms with Crippen LogP contribution in [-0.2, 0) is 0 Å². The number of hydrogen-bond acceptors (Lipinski definition) is 0. The van der Waals surface area contributed by atoms with Gasteiger partial charge in [-0.2, -0.15) is 12.0 Å². The second kappa shape index (κ2) is 36.4. The molecule has 0 aliphatic heterocycles. The van der Waals surface area contributed by atoms with Crippen LogP contribution in [0.4, 0.5) is 132 Å². The van der Waals surface area contributed by atoms with E-state index in [-0.39, 0.29) is 22.6 Å². The van der Waals surface area contributed by atoms with Gasteiger partial charge in [0.2, 0.25) is 0 Å². The molecule has 0 amide bonds. The van der Waals surface area contributed by atoms with Crippen molar-refractivity contribution >= 4 is 138 Å². The van der Waals surface area contributed by atoms with Crippen molar-refractivity contribution in [1.82, 2.24) is 0 Å². The number of hydrogen-bond donors (Lipinski definition) is 0. The van der Waals surface area contributed by atoms with Crippen LogP contribution in [0.3, 0.4) is 0 Å². The molecule has 0 aliphatic rings. The fourth-order valence-electron chi connectivity index (χ4n) is 14.7. The first-order valence-electron chi connectivity index (χ1n) is 33.2. The molecule has 0 bridgehead atoms. The van der Waals surface area contributed by atoms with Crippen molar-refractivity contribution in [3.05, 3.63) is 380 Å². The zero-order chi connectivity index (χ0) is 86.9. The summed E-state index contributed by atoms with van der Waals surface area (Å²) in [6.07, 6.45) is -16.3. The van der Waals surface area contributed by atoms with Crippen LogP contribution in [0.1, 0.15) is 11.1 Å². The van der Waals surface area contributed by atoms with E-state index in [4.69, 9.17) is 46.4 Å². The molecule has 0 saturated carbocycles. The van der Waals surface area contributed by atoms with Crippen LogP contribution in [0, 0.1) is 175 Å². The maximum atomic E-state index is 17.9. The SMILES string of the molecule is ClCCl.ClCCl.Fc1c(F)c(F)c([B-](/C=C(\c2ccccc2)[P+](CC[P+](/C(=C/[B-](c2c(F)c(F)c(F)c(F)c2F)(c2c(F)c(F)c(F)c(F)c2F)c2c(F)c(F)c(F)c(F)c2F)c2ccccc2)(c2ccccc2)c2ccccc2)(c2ccccc2)c2ccccc2)(c2c(F)c(F)c(F)c(F)c2F)c2c(F)c(F)c(F)c(F)c2F)c(F)c1F. The maximum absolute atomic E-state index is 17.9. The molecule has 0 heterocycles. The van der Waals surface area contributed by atoms with Crippen LogP contribution in [0.25, 0.3) is 10.6 Å². The van der Waals surface area contributed by atoms with Gasteiger partial charge in [0.05, 0.1) is 21.3 Å². The molecule has 118 heavy (non-hydrogen) atoms. The average molecular weight is 1800 g/mol. The Balaban J connectivity index is 0.00000237. The first-order valence-corrected chi connectivity index (χ1v) is 39.2. The first-order chi connectivity index (χ1) is 55.9. The van der Waals surface area contributed by atoms with Gasteiger partial charge in [-0.1, -0.05) is 133 Å². The van der Waals surface area contributed by atoms with Gasteiger partial charge in [-0.3, -0.25) is 0 Å². The minimum absolute atomic E-state index is 0.194. The summed E-state index contributed by atoms with van der Waals surface area (Å²) in [4.78, 5) is 0. The summed E-state index contributed by atoms with van der Waals surface area (Å²) >= 11 is 19.1. The Morgan fingerprint density at radius 2 is 0.314 bits per heavy atom. The van der Waals surface area contributed by atoms with E-state index in [9.17, 15) is 0 Å². The van der Waals surface area contributed by atoms with Gasteiger partial charge >= 0.3 is 0 Å². The lowest BCUT2D eigenvalue weighted by Gasteiger charge is -2.44. The van der Waals surface area contributed by atoms with E-state index < -0.39 is 289 Å². The smallest absolute Gasteiger partial charge is 0.200 e. The Morgan fingerprint density at radius 1 is 0.195 bits per heavy atom. The zero-order valence-electron chi connectivity index (χ0n) is 58.2. The summed E-state index contributed by atoms with van der Waals surface area (Å²) in [7, 11) is -10.8. The molecule has 12 rings (SSSR count). The second-order valence-electron chi connectivity index (χ2n) is 25.2. The van der Waals surface area contributed by atoms with E-state index in [0.29, 0.717) is 0 Å². The van der Waals surface area contributed by atoms with E-state index >= 15 is 132 Å². The Morgan fingerprint density at radius 3 is 0.449 bits per heavy atom. The number of rotatable bonds is 19. The molecule has 0 saturated heterocycles. The van der Waals surface area contributed by atoms with Gasteiger partial charge in [-0.15, -0.1) is 79.2 Å². The van der Waals surface area contributed by atoms with E-state index in [1.165, 1.54) is 24.3 Å². The first kappa shape index (κ1) is 90.5. The van der Waals surface area contributed by atoms with Gasteiger partial charge in [-0.25, -0.2) is 132 Å². The van der Waals surface area contributed by atoms with E-state index in [1.54, 1.807) is 0 Å². The van der Waals surface area contributed by atoms with Crippen molar-refractivity contribution in [3.63, 3.8) is 0 Å². The van der Waals surface area contributed by atoms with Crippen LogP contribution in [-0.4, -0.2) is 35.3 Å².